The Morgan fingerprint density at radius 1 is 0.743 bits per heavy atom. The van der Waals surface area contributed by atoms with Gasteiger partial charge in [0.2, 0.25) is 0 Å². The van der Waals surface area contributed by atoms with Crippen LogP contribution >= 0.6 is 0 Å². The zero-order chi connectivity index (χ0) is 25.4. The van der Waals surface area contributed by atoms with E-state index in [-0.39, 0.29) is 11.5 Å². The molecule has 0 saturated carbocycles. The van der Waals surface area contributed by atoms with Gasteiger partial charge in [-0.25, -0.2) is 4.79 Å². The van der Waals surface area contributed by atoms with Gasteiger partial charge in [-0.15, -0.1) is 0 Å². The number of hydrogen-bond donors (Lipinski definition) is 2. The Hall–Kier alpha value is -4.53. The molecule has 35 heavy (non-hydrogen) atoms. The third kappa shape index (κ3) is 6.29. The molecule has 0 spiro atoms. The van der Waals surface area contributed by atoms with E-state index in [0.717, 1.165) is 5.56 Å². The SMILES string of the molecule is COc1ccccc1NC(=O)c1ccc(NC(=O)COC(=O)c2cc(OC)c(C)c(OC)c2)cc1. The van der Waals surface area contributed by atoms with Gasteiger partial charge in [-0.2, -0.15) is 0 Å². The van der Waals surface area contributed by atoms with Crippen LogP contribution in [0.2, 0.25) is 0 Å². The molecule has 0 aliphatic carbocycles. The molecule has 3 aromatic rings. The Morgan fingerprint density at radius 2 is 1.34 bits per heavy atom. The second-order valence-electron chi connectivity index (χ2n) is 7.36. The van der Waals surface area contributed by atoms with Crippen molar-refractivity contribution in [3.8, 4) is 17.2 Å². The highest BCUT2D eigenvalue weighted by Gasteiger charge is 2.16. The molecule has 2 amide bonds. The van der Waals surface area contributed by atoms with Gasteiger partial charge in [0.25, 0.3) is 11.8 Å². The van der Waals surface area contributed by atoms with Crippen LogP contribution in [0.5, 0.6) is 17.2 Å². The molecule has 2 N–H and O–H groups in total. The first-order valence-electron chi connectivity index (χ1n) is 10.6. The number of para-hydroxylation sites is 2. The normalized spacial score (nSPS) is 10.2. The van der Waals surface area contributed by atoms with Crippen molar-refractivity contribution >= 4 is 29.2 Å². The number of amides is 2. The quantitative estimate of drug-likeness (QED) is 0.446. The zero-order valence-corrected chi connectivity index (χ0v) is 19.8. The third-order valence-corrected chi connectivity index (χ3v) is 5.11. The van der Waals surface area contributed by atoms with E-state index in [2.05, 4.69) is 10.6 Å². The summed E-state index contributed by atoms with van der Waals surface area (Å²) >= 11 is 0. The second-order valence-corrected chi connectivity index (χ2v) is 7.36. The standard InChI is InChI=1S/C26H26N2O7/c1-16-22(33-3)13-18(14-23(16)34-4)26(31)35-15-24(29)27-19-11-9-17(10-12-19)25(30)28-20-7-5-6-8-21(20)32-2/h5-14H,15H2,1-4H3,(H,27,29)(H,28,30). The molecule has 9 nitrogen and oxygen atoms in total. The van der Waals surface area contributed by atoms with Crippen LogP contribution < -0.4 is 24.8 Å². The van der Waals surface area contributed by atoms with Gasteiger partial charge in [-0.05, 0) is 55.5 Å². The minimum Gasteiger partial charge on any atom is -0.496 e. The summed E-state index contributed by atoms with van der Waals surface area (Å²) in [5.41, 5.74) is 2.32. The molecule has 0 aliphatic heterocycles. The van der Waals surface area contributed by atoms with Gasteiger partial charge in [0, 0.05) is 16.8 Å². The van der Waals surface area contributed by atoms with Gasteiger partial charge in [0.1, 0.15) is 17.2 Å². The van der Waals surface area contributed by atoms with Crippen LogP contribution in [0.4, 0.5) is 11.4 Å². The number of ether oxygens (including phenoxy) is 4. The van der Waals surface area contributed by atoms with E-state index in [1.165, 1.54) is 33.5 Å². The van der Waals surface area contributed by atoms with Gasteiger partial charge in [-0.1, -0.05) is 12.1 Å². The van der Waals surface area contributed by atoms with Gasteiger partial charge >= 0.3 is 5.97 Å². The van der Waals surface area contributed by atoms with Crippen molar-refractivity contribution in [1.29, 1.82) is 0 Å². The van der Waals surface area contributed by atoms with Gasteiger partial charge in [0.05, 0.1) is 32.6 Å². The lowest BCUT2D eigenvalue weighted by Gasteiger charge is -2.12. The Kier molecular flexibility index (Phi) is 8.29. The lowest BCUT2D eigenvalue weighted by molar-refractivity contribution is -0.119. The number of anilines is 2. The molecular formula is C26H26N2O7. The summed E-state index contributed by atoms with van der Waals surface area (Å²) in [4.78, 5) is 37.2. The van der Waals surface area contributed by atoms with Gasteiger partial charge < -0.3 is 29.6 Å². The number of rotatable bonds is 9. The highest BCUT2D eigenvalue weighted by atomic mass is 16.5. The van der Waals surface area contributed by atoms with E-state index in [4.69, 9.17) is 18.9 Å². The highest BCUT2D eigenvalue weighted by molar-refractivity contribution is 6.05. The molecule has 182 valence electrons. The maximum Gasteiger partial charge on any atom is 0.338 e. The monoisotopic (exact) mass is 478 g/mol. The van der Waals surface area contributed by atoms with Crippen LogP contribution in [-0.2, 0) is 9.53 Å². The Balaban J connectivity index is 1.56. The Bertz CT molecular complexity index is 1200. The number of nitrogens with one attached hydrogen (secondary N) is 2. The van der Waals surface area contributed by atoms with Crippen molar-refractivity contribution in [2.45, 2.75) is 6.92 Å². The number of esters is 1. The number of carbonyl (C=O) groups excluding carboxylic acids is 3. The number of methoxy groups -OCH3 is 3. The summed E-state index contributed by atoms with van der Waals surface area (Å²) in [5, 5.41) is 5.40. The van der Waals surface area contributed by atoms with Crippen LogP contribution in [0.1, 0.15) is 26.3 Å². The molecule has 3 aromatic carbocycles. The van der Waals surface area contributed by atoms with Crippen LogP contribution in [-0.4, -0.2) is 45.7 Å². The third-order valence-electron chi connectivity index (χ3n) is 5.11. The van der Waals surface area contributed by atoms with Gasteiger partial charge in [0.15, 0.2) is 6.61 Å². The van der Waals surface area contributed by atoms with Crippen LogP contribution in [0.25, 0.3) is 0 Å². The fourth-order valence-corrected chi connectivity index (χ4v) is 3.26. The molecule has 0 saturated heterocycles. The fraction of sp³-hybridized carbons (Fsp3) is 0.192. The molecule has 0 bridgehead atoms. The van der Waals surface area contributed by atoms with E-state index in [1.54, 1.807) is 55.5 Å². The van der Waals surface area contributed by atoms with E-state index in [9.17, 15) is 14.4 Å². The molecular weight excluding hydrogens is 452 g/mol. The number of benzene rings is 3. The number of carbonyl (C=O) groups is 3. The molecule has 0 aromatic heterocycles. The van der Waals surface area contributed by atoms with Gasteiger partial charge in [-0.3, -0.25) is 9.59 Å². The minimum atomic E-state index is -0.694. The Morgan fingerprint density at radius 3 is 1.94 bits per heavy atom. The maximum absolute atomic E-state index is 12.5. The topological polar surface area (TPSA) is 112 Å². The molecule has 0 fully saturated rings. The first-order chi connectivity index (χ1) is 16.9. The van der Waals surface area contributed by atoms with E-state index >= 15 is 0 Å². The summed E-state index contributed by atoms with van der Waals surface area (Å²) in [5.74, 6) is -0.0750. The first kappa shape index (κ1) is 25.1. The molecule has 0 radical (unpaired) electrons. The molecule has 3 rings (SSSR count). The molecule has 9 heteroatoms. The van der Waals surface area contributed by atoms with Crippen molar-refractivity contribution in [2.75, 3.05) is 38.6 Å². The van der Waals surface area contributed by atoms with Crippen LogP contribution in [0.15, 0.2) is 60.7 Å². The average Bonchev–Trinajstić information content (AvgIpc) is 2.88. The predicted octanol–water partition coefficient (Wildman–Crippen LogP) is 4.07. The molecule has 0 aliphatic rings. The predicted molar refractivity (Wildman–Crippen MR) is 131 cm³/mol. The summed E-state index contributed by atoms with van der Waals surface area (Å²) in [7, 11) is 4.49. The van der Waals surface area contributed by atoms with Crippen molar-refractivity contribution in [1.82, 2.24) is 0 Å². The van der Waals surface area contributed by atoms with Crippen molar-refractivity contribution in [3.63, 3.8) is 0 Å². The summed E-state index contributed by atoms with van der Waals surface area (Å²) in [6.07, 6.45) is 0. The summed E-state index contributed by atoms with van der Waals surface area (Å²) < 4.78 is 20.8. The average molecular weight is 479 g/mol. The van der Waals surface area contributed by atoms with Crippen molar-refractivity contribution in [2.24, 2.45) is 0 Å². The Labute approximate surface area is 203 Å². The smallest absolute Gasteiger partial charge is 0.338 e. The molecule has 0 heterocycles. The van der Waals surface area contributed by atoms with Crippen LogP contribution in [0.3, 0.4) is 0 Å². The van der Waals surface area contributed by atoms with Crippen molar-refractivity contribution in [3.05, 3.63) is 77.4 Å². The summed E-state index contributed by atoms with van der Waals surface area (Å²) in [6.45, 7) is 1.31. The van der Waals surface area contributed by atoms with Crippen LogP contribution in [0, 0.1) is 6.92 Å². The summed E-state index contributed by atoms with van der Waals surface area (Å²) in [6, 6.07) is 16.4. The minimum absolute atomic E-state index is 0.197. The molecule has 0 unspecified atom stereocenters. The molecule has 0 atom stereocenters. The van der Waals surface area contributed by atoms with E-state index in [0.29, 0.717) is 34.2 Å². The lowest BCUT2D eigenvalue weighted by atomic mass is 10.1. The fourth-order valence-electron chi connectivity index (χ4n) is 3.26. The highest BCUT2D eigenvalue weighted by Crippen LogP contribution is 2.29. The zero-order valence-electron chi connectivity index (χ0n) is 19.8. The maximum atomic E-state index is 12.5. The first-order valence-corrected chi connectivity index (χ1v) is 10.6. The second kappa shape index (κ2) is 11.6. The van der Waals surface area contributed by atoms with E-state index in [1.807, 2.05) is 0 Å². The van der Waals surface area contributed by atoms with Crippen molar-refractivity contribution < 1.29 is 33.3 Å². The lowest BCUT2D eigenvalue weighted by Crippen LogP contribution is -2.21. The largest absolute Gasteiger partial charge is 0.496 e. The number of hydrogen-bond acceptors (Lipinski definition) is 7. The van der Waals surface area contributed by atoms with E-state index < -0.39 is 18.5 Å².